The number of likely N-dealkylation sites (tertiary alicyclic amines) is 2. The number of nitrogens with one attached hydrogen (secondary N) is 1. The molecule has 0 aromatic rings. The Morgan fingerprint density at radius 3 is 2.56 bits per heavy atom. The van der Waals surface area contributed by atoms with E-state index in [0.717, 1.165) is 25.7 Å². The molecule has 2 saturated heterocycles. The van der Waals surface area contributed by atoms with Crippen LogP contribution in [0.4, 0.5) is 0 Å². The lowest BCUT2D eigenvalue weighted by molar-refractivity contribution is -0.139. The van der Waals surface area contributed by atoms with E-state index >= 15 is 0 Å². The molecule has 3 amide bonds. The van der Waals surface area contributed by atoms with Crippen LogP contribution in [0.25, 0.3) is 0 Å². The average molecular weight is 350 g/mol. The molecule has 3 rings (SSSR count). The van der Waals surface area contributed by atoms with Crippen LogP contribution in [0.1, 0.15) is 44.9 Å². The third-order valence-corrected chi connectivity index (χ3v) is 5.82. The third kappa shape index (κ3) is 4.14. The van der Waals surface area contributed by atoms with Crippen LogP contribution < -0.4 is 11.1 Å². The summed E-state index contributed by atoms with van der Waals surface area (Å²) in [5.74, 6) is -0.242. The Morgan fingerprint density at radius 1 is 1.08 bits per heavy atom. The van der Waals surface area contributed by atoms with E-state index in [1.54, 1.807) is 4.90 Å². The van der Waals surface area contributed by atoms with E-state index in [2.05, 4.69) is 5.32 Å². The summed E-state index contributed by atoms with van der Waals surface area (Å²) in [7, 11) is 0. The maximum absolute atomic E-state index is 12.9. The number of rotatable bonds is 5. The molecule has 3 aliphatic rings. The van der Waals surface area contributed by atoms with Gasteiger partial charge in [0.25, 0.3) is 0 Å². The van der Waals surface area contributed by atoms with Gasteiger partial charge in [0.1, 0.15) is 0 Å². The second-order valence-corrected chi connectivity index (χ2v) is 7.59. The zero-order chi connectivity index (χ0) is 17.8. The number of carbonyl (C=O) groups excluding carboxylic acids is 3. The first-order chi connectivity index (χ1) is 12.1. The van der Waals surface area contributed by atoms with Gasteiger partial charge >= 0.3 is 0 Å². The smallest absolute Gasteiger partial charge is 0.228 e. The van der Waals surface area contributed by atoms with Crippen molar-refractivity contribution in [1.29, 1.82) is 0 Å². The summed E-state index contributed by atoms with van der Waals surface area (Å²) in [6, 6.07) is 0.335. The van der Waals surface area contributed by atoms with Gasteiger partial charge in [0.2, 0.25) is 17.7 Å². The molecule has 0 aromatic heterocycles. The lowest BCUT2D eigenvalue weighted by atomic mass is 9.95. The number of hydrogen-bond acceptors (Lipinski definition) is 4. The highest BCUT2D eigenvalue weighted by atomic mass is 16.2. The van der Waals surface area contributed by atoms with E-state index in [-0.39, 0.29) is 29.6 Å². The SMILES string of the molecule is NCCNC(=O)C1CCCN(C(=O)C2CC(=O)N(C3CCCC3)C2)C1. The van der Waals surface area contributed by atoms with Gasteiger partial charge in [-0.2, -0.15) is 0 Å². The van der Waals surface area contributed by atoms with E-state index in [1.165, 1.54) is 12.8 Å². The Bertz CT molecular complexity index is 518. The zero-order valence-corrected chi connectivity index (χ0v) is 14.9. The second-order valence-electron chi connectivity index (χ2n) is 7.59. The molecule has 7 nitrogen and oxygen atoms in total. The molecule has 0 bridgehead atoms. The second kappa shape index (κ2) is 8.17. The van der Waals surface area contributed by atoms with Gasteiger partial charge in [-0.1, -0.05) is 12.8 Å². The topological polar surface area (TPSA) is 95.7 Å². The normalized spacial score (nSPS) is 27.8. The van der Waals surface area contributed by atoms with Gasteiger partial charge in [-0.25, -0.2) is 0 Å². The maximum atomic E-state index is 12.9. The van der Waals surface area contributed by atoms with E-state index < -0.39 is 0 Å². The van der Waals surface area contributed by atoms with Gasteiger partial charge in [0, 0.05) is 45.2 Å². The molecule has 140 valence electrons. The molecular weight excluding hydrogens is 320 g/mol. The maximum Gasteiger partial charge on any atom is 0.228 e. The van der Waals surface area contributed by atoms with Crippen LogP contribution in [0, 0.1) is 11.8 Å². The number of amides is 3. The minimum Gasteiger partial charge on any atom is -0.355 e. The molecule has 1 saturated carbocycles. The van der Waals surface area contributed by atoms with Crippen molar-refractivity contribution < 1.29 is 14.4 Å². The van der Waals surface area contributed by atoms with Gasteiger partial charge in [-0.3, -0.25) is 14.4 Å². The predicted octanol–water partition coefficient (Wildman–Crippen LogP) is 0.0910. The highest BCUT2D eigenvalue weighted by Gasteiger charge is 2.41. The van der Waals surface area contributed by atoms with Crippen molar-refractivity contribution in [1.82, 2.24) is 15.1 Å². The molecule has 0 spiro atoms. The minimum atomic E-state index is -0.237. The molecule has 2 unspecified atom stereocenters. The molecule has 2 heterocycles. The van der Waals surface area contributed by atoms with Gasteiger partial charge < -0.3 is 20.9 Å². The molecule has 1 aliphatic carbocycles. The zero-order valence-electron chi connectivity index (χ0n) is 14.9. The summed E-state index contributed by atoms with van der Waals surface area (Å²) < 4.78 is 0. The van der Waals surface area contributed by atoms with Crippen LogP contribution in [-0.4, -0.2) is 66.3 Å². The fourth-order valence-corrected chi connectivity index (χ4v) is 4.46. The highest BCUT2D eigenvalue weighted by Crippen LogP contribution is 2.31. The molecule has 2 atom stereocenters. The predicted molar refractivity (Wildman–Crippen MR) is 93.4 cm³/mol. The Kier molecular flexibility index (Phi) is 5.93. The molecule has 25 heavy (non-hydrogen) atoms. The Labute approximate surface area is 149 Å². The Morgan fingerprint density at radius 2 is 1.84 bits per heavy atom. The van der Waals surface area contributed by atoms with E-state index in [1.807, 2.05) is 4.90 Å². The highest BCUT2D eigenvalue weighted by molar-refractivity contribution is 5.90. The van der Waals surface area contributed by atoms with Crippen LogP contribution >= 0.6 is 0 Å². The summed E-state index contributed by atoms with van der Waals surface area (Å²) in [5, 5.41) is 2.82. The van der Waals surface area contributed by atoms with Crippen molar-refractivity contribution in [2.24, 2.45) is 17.6 Å². The number of hydrogen-bond donors (Lipinski definition) is 2. The number of piperidine rings is 1. The van der Waals surface area contributed by atoms with Crippen molar-refractivity contribution in [3.8, 4) is 0 Å². The van der Waals surface area contributed by atoms with Crippen LogP contribution in [0.5, 0.6) is 0 Å². The third-order valence-electron chi connectivity index (χ3n) is 5.82. The first-order valence-electron chi connectivity index (χ1n) is 9.66. The van der Waals surface area contributed by atoms with Crippen molar-refractivity contribution in [3.05, 3.63) is 0 Å². The minimum absolute atomic E-state index is 0.0157. The fraction of sp³-hybridized carbons (Fsp3) is 0.833. The Hall–Kier alpha value is -1.63. The summed E-state index contributed by atoms with van der Waals surface area (Å²) in [4.78, 5) is 41.1. The lowest BCUT2D eigenvalue weighted by Crippen LogP contribution is -2.48. The average Bonchev–Trinajstić information content (AvgIpc) is 3.28. The van der Waals surface area contributed by atoms with Crippen LogP contribution in [0.3, 0.4) is 0 Å². The molecule has 7 heteroatoms. The summed E-state index contributed by atoms with van der Waals surface area (Å²) in [6.07, 6.45) is 6.46. The molecular formula is C18H30N4O3. The van der Waals surface area contributed by atoms with Crippen molar-refractivity contribution >= 4 is 17.7 Å². The van der Waals surface area contributed by atoms with Gasteiger partial charge in [-0.15, -0.1) is 0 Å². The quantitative estimate of drug-likeness (QED) is 0.735. The van der Waals surface area contributed by atoms with Crippen LogP contribution in [-0.2, 0) is 14.4 Å². The molecule has 3 N–H and O–H groups in total. The van der Waals surface area contributed by atoms with Gasteiger partial charge in [0.15, 0.2) is 0 Å². The molecule has 3 fully saturated rings. The van der Waals surface area contributed by atoms with Gasteiger partial charge in [-0.05, 0) is 25.7 Å². The molecule has 0 radical (unpaired) electrons. The monoisotopic (exact) mass is 350 g/mol. The Balaban J connectivity index is 1.55. The van der Waals surface area contributed by atoms with E-state index in [0.29, 0.717) is 45.2 Å². The van der Waals surface area contributed by atoms with Crippen molar-refractivity contribution in [2.75, 3.05) is 32.7 Å². The first kappa shape index (κ1) is 18.2. The summed E-state index contributed by atoms with van der Waals surface area (Å²) in [5.41, 5.74) is 5.43. The lowest BCUT2D eigenvalue weighted by Gasteiger charge is -2.33. The molecule has 0 aromatic carbocycles. The number of carbonyl (C=O) groups is 3. The largest absolute Gasteiger partial charge is 0.355 e. The van der Waals surface area contributed by atoms with E-state index in [9.17, 15) is 14.4 Å². The van der Waals surface area contributed by atoms with E-state index in [4.69, 9.17) is 5.73 Å². The summed E-state index contributed by atoms with van der Waals surface area (Å²) >= 11 is 0. The summed E-state index contributed by atoms with van der Waals surface area (Å²) in [6.45, 7) is 2.60. The number of nitrogens with zero attached hydrogens (tertiary/aromatic N) is 2. The van der Waals surface area contributed by atoms with Crippen LogP contribution in [0.2, 0.25) is 0 Å². The first-order valence-corrected chi connectivity index (χ1v) is 9.66. The standard InChI is InChI=1S/C18H30N4O3/c19-7-8-20-17(24)13-4-3-9-21(11-13)18(25)14-10-16(23)22(12-14)15-5-1-2-6-15/h13-15H,1-12,19H2,(H,20,24). The number of nitrogens with two attached hydrogens (primary N) is 1. The molecule has 2 aliphatic heterocycles. The van der Waals surface area contributed by atoms with Crippen molar-refractivity contribution in [2.45, 2.75) is 51.0 Å². The fourth-order valence-electron chi connectivity index (χ4n) is 4.46. The van der Waals surface area contributed by atoms with Gasteiger partial charge in [0.05, 0.1) is 11.8 Å². The van der Waals surface area contributed by atoms with Crippen LogP contribution in [0.15, 0.2) is 0 Å². The van der Waals surface area contributed by atoms with Crippen molar-refractivity contribution in [3.63, 3.8) is 0 Å².